The predicted octanol–water partition coefficient (Wildman–Crippen LogP) is 5.96. The van der Waals surface area contributed by atoms with Crippen molar-refractivity contribution in [2.45, 2.75) is 69.9 Å². The zero-order valence-electron chi connectivity index (χ0n) is 35.6. The molecule has 3 N–H and O–H groups in total. The first-order chi connectivity index (χ1) is 30.6. The zero-order chi connectivity index (χ0) is 45.9. The minimum absolute atomic E-state index is 0.00875. The Kier molecular flexibility index (Phi) is 13.3. The Morgan fingerprint density at radius 3 is 1.97 bits per heavy atom. The van der Waals surface area contributed by atoms with Crippen LogP contribution in [0.15, 0.2) is 61.1 Å². The van der Waals surface area contributed by atoms with Crippen LogP contribution in [0.25, 0.3) is 44.8 Å². The molecule has 2 aliphatic heterocycles. The number of nitrogens with zero attached hydrogens (tertiary/aromatic N) is 7. The summed E-state index contributed by atoms with van der Waals surface area (Å²) in [6.07, 6.45) is 0.0457. The van der Waals surface area contributed by atoms with E-state index in [9.17, 15) is 37.1 Å². The van der Waals surface area contributed by atoms with Gasteiger partial charge in [-0.05, 0) is 49.3 Å². The molecule has 0 unspecified atom stereocenters. The van der Waals surface area contributed by atoms with Crippen LogP contribution in [0.5, 0.6) is 0 Å². The number of nitrogens with one attached hydrogen (secondary N) is 3. The third-order valence-electron chi connectivity index (χ3n) is 11.3. The number of carbonyl (C=O) groups excluding carboxylic acids is 5. The number of likely N-dealkylation sites (tertiary alicyclic amines) is 2. The largest absolute Gasteiger partial charge is 0.491 e. The van der Waals surface area contributed by atoms with Crippen LogP contribution in [-0.4, -0.2) is 134 Å². The van der Waals surface area contributed by atoms with Gasteiger partial charge in [-0.3, -0.25) is 19.5 Å². The Morgan fingerprint density at radius 2 is 1.39 bits per heavy atom. The Hall–Kier alpha value is -6.90. The number of H-pyrrole nitrogens is 2. The number of aromatic amines is 2. The number of esters is 1. The van der Waals surface area contributed by atoms with Gasteiger partial charge in [0.05, 0.1) is 72.5 Å². The molecule has 0 radical (unpaired) electrons. The Morgan fingerprint density at radius 1 is 0.812 bits per heavy atom. The second kappa shape index (κ2) is 18.8. The number of hydrogen-bond acceptors (Lipinski definition) is 12. The van der Waals surface area contributed by atoms with Gasteiger partial charge >= 0.3 is 24.3 Å². The van der Waals surface area contributed by atoms with Gasteiger partial charge in [0.1, 0.15) is 23.7 Å². The Bertz CT molecular complexity index is 2530. The maximum Gasteiger partial charge on any atom is 0.491 e. The highest BCUT2D eigenvalue weighted by molar-refractivity contribution is 5.91. The van der Waals surface area contributed by atoms with Gasteiger partial charge < -0.3 is 39.3 Å². The van der Waals surface area contributed by atoms with Crippen LogP contribution in [0.3, 0.4) is 0 Å². The topological polar surface area (TPSA) is 218 Å². The lowest BCUT2D eigenvalue weighted by Crippen LogP contribution is -2.52. The molecule has 0 aliphatic carbocycles. The molecule has 2 fully saturated rings. The summed E-state index contributed by atoms with van der Waals surface area (Å²) in [5.41, 5.74) is 5.87. The molecule has 7 rings (SSSR count). The van der Waals surface area contributed by atoms with E-state index in [1.165, 1.54) is 14.2 Å². The SMILES string of the molecule is COC[C@H](NC(=O)OC)C(=O)N1CCC[C@H]1c1ncc(-c2ccc3nc(-c4ccc(-c5cnc([C@@H]6CCCN6C(=O)[C@H](C(C)C)N(C)C(=O)OC(=O)C(F)(F)F)[nH]5)cc4)cnc3c2)[nH]1. The van der Waals surface area contributed by atoms with Crippen molar-refractivity contribution in [2.24, 2.45) is 5.92 Å². The van der Waals surface area contributed by atoms with Crippen LogP contribution < -0.4 is 5.32 Å². The summed E-state index contributed by atoms with van der Waals surface area (Å²) in [6.45, 7) is 4.11. The molecule has 0 spiro atoms. The number of hydrogen-bond donors (Lipinski definition) is 3. The molecule has 18 nitrogen and oxygen atoms in total. The molecule has 0 bridgehead atoms. The van der Waals surface area contributed by atoms with E-state index < -0.39 is 54.3 Å². The number of amides is 4. The van der Waals surface area contributed by atoms with E-state index in [4.69, 9.17) is 14.7 Å². The third kappa shape index (κ3) is 9.53. The number of imidazole rings is 2. The highest BCUT2D eigenvalue weighted by Gasteiger charge is 2.45. The van der Waals surface area contributed by atoms with Crippen molar-refractivity contribution in [3.05, 3.63) is 72.7 Å². The molecule has 5 heterocycles. The highest BCUT2D eigenvalue weighted by Crippen LogP contribution is 2.35. The third-order valence-corrected chi connectivity index (χ3v) is 11.3. The van der Waals surface area contributed by atoms with Gasteiger partial charge in [0, 0.05) is 38.4 Å². The molecule has 3 aromatic heterocycles. The smallest absolute Gasteiger partial charge is 0.453 e. The van der Waals surface area contributed by atoms with Crippen molar-refractivity contribution < 1.29 is 51.4 Å². The molecule has 338 valence electrons. The number of likely N-dealkylation sites (N-methyl/N-ethyl adjacent to an activating group) is 1. The second-order valence-electron chi connectivity index (χ2n) is 15.9. The van der Waals surface area contributed by atoms with E-state index in [0.717, 1.165) is 40.8 Å². The van der Waals surface area contributed by atoms with Crippen molar-refractivity contribution in [2.75, 3.05) is 41.0 Å². The number of rotatable bonds is 12. The molecule has 21 heteroatoms. The first-order valence-electron chi connectivity index (χ1n) is 20.6. The van der Waals surface area contributed by atoms with E-state index in [1.54, 1.807) is 42.2 Å². The average Bonchev–Trinajstić information content (AvgIpc) is 4.12. The molecule has 4 atom stereocenters. The first kappa shape index (κ1) is 45.1. The second-order valence-corrected chi connectivity index (χ2v) is 15.9. The number of alkyl carbamates (subject to hydrolysis) is 1. The fourth-order valence-corrected chi connectivity index (χ4v) is 8.21. The molecule has 2 aromatic carbocycles. The van der Waals surface area contributed by atoms with Gasteiger partial charge in [-0.1, -0.05) is 44.2 Å². The van der Waals surface area contributed by atoms with Gasteiger partial charge in [0.15, 0.2) is 0 Å². The van der Waals surface area contributed by atoms with Crippen molar-refractivity contribution in [1.82, 2.24) is 49.9 Å². The summed E-state index contributed by atoms with van der Waals surface area (Å²) in [6, 6.07) is 10.4. The lowest BCUT2D eigenvalue weighted by molar-refractivity contribution is -0.194. The van der Waals surface area contributed by atoms with Gasteiger partial charge in [-0.2, -0.15) is 13.2 Å². The molecule has 4 amide bonds. The lowest BCUT2D eigenvalue weighted by Gasteiger charge is -2.34. The van der Waals surface area contributed by atoms with E-state index in [1.807, 2.05) is 42.5 Å². The standard InChI is InChI=1S/C43H47F3N10O8/c1-23(2)35(54(3)42(61)64-40(59)43(44,45)46)39(58)56-17-7-9-34(56)37-48-20-30(51-37)25-12-10-24(11-13-25)29-19-47-28-18-26(14-15-27(28)50-29)31-21-49-36(52-31)33-8-6-16-55(33)38(57)32(22-62-4)53-41(60)63-5/h10-15,18-21,23,32-35H,6-9,16-17,22H2,1-5H3,(H,48,51)(H,49,52)(H,53,60)/t32-,33-,34-,35-/m0/s1. The summed E-state index contributed by atoms with van der Waals surface area (Å²) in [7, 11) is 3.81. The quantitative estimate of drug-likeness (QED) is 0.0977. The van der Waals surface area contributed by atoms with Crippen LogP contribution in [-0.2, 0) is 28.6 Å². The van der Waals surface area contributed by atoms with E-state index in [0.29, 0.717) is 66.4 Å². The van der Waals surface area contributed by atoms with Crippen LogP contribution in [0.1, 0.15) is 63.3 Å². The maximum absolute atomic E-state index is 13.8. The molecule has 64 heavy (non-hydrogen) atoms. The monoisotopic (exact) mass is 888 g/mol. The molecule has 0 saturated carbocycles. The van der Waals surface area contributed by atoms with Gasteiger partial charge in [-0.25, -0.2) is 29.3 Å². The number of fused-ring (bicyclic) bond motifs is 1. The van der Waals surface area contributed by atoms with Crippen LogP contribution in [0.4, 0.5) is 22.8 Å². The maximum atomic E-state index is 13.8. The van der Waals surface area contributed by atoms with Crippen molar-refractivity contribution in [3.8, 4) is 33.8 Å². The summed E-state index contributed by atoms with van der Waals surface area (Å²) >= 11 is 0. The van der Waals surface area contributed by atoms with Crippen molar-refractivity contribution >= 4 is 41.0 Å². The number of methoxy groups -OCH3 is 2. The summed E-state index contributed by atoms with van der Waals surface area (Å²) in [5.74, 6) is -2.84. The van der Waals surface area contributed by atoms with Crippen LogP contribution >= 0.6 is 0 Å². The van der Waals surface area contributed by atoms with Gasteiger partial charge in [0.25, 0.3) is 0 Å². The highest BCUT2D eigenvalue weighted by atomic mass is 19.4. The van der Waals surface area contributed by atoms with Crippen LogP contribution in [0, 0.1) is 5.92 Å². The number of carbonyl (C=O) groups is 5. The fraction of sp³-hybridized carbons (Fsp3) is 0.419. The van der Waals surface area contributed by atoms with Gasteiger partial charge in [0.2, 0.25) is 11.8 Å². The Balaban J connectivity index is 1.01. The summed E-state index contributed by atoms with van der Waals surface area (Å²) in [5, 5.41) is 2.55. The number of halogens is 3. The average molecular weight is 889 g/mol. The predicted molar refractivity (Wildman–Crippen MR) is 223 cm³/mol. The molecular weight excluding hydrogens is 842 g/mol. The van der Waals surface area contributed by atoms with E-state index in [2.05, 4.69) is 34.7 Å². The first-order valence-corrected chi connectivity index (χ1v) is 20.6. The number of alkyl halides is 3. The Labute approximate surface area is 364 Å². The molecular formula is C43H47F3N10O8. The minimum Gasteiger partial charge on any atom is -0.453 e. The molecule has 2 saturated heterocycles. The van der Waals surface area contributed by atoms with E-state index >= 15 is 0 Å². The van der Waals surface area contributed by atoms with Crippen molar-refractivity contribution in [3.63, 3.8) is 0 Å². The molecule has 2 aliphatic rings. The minimum atomic E-state index is -5.37. The van der Waals surface area contributed by atoms with E-state index in [-0.39, 0.29) is 18.6 Å². The number of aromatic nitrogens is 6. The zero-order valence-corrected chi connectivity index (χ0v) is 35.6. The summed E-state index contributed by atoms with van der Waals surface area (Å²) < 4.78 is 52.1. The number of ether oxygens (including phenoxy) is 3. The van der Waals surface area contributed by atoms with Crippen LogP contribution in [0.2, 0.25) is 0 Å². The molecule has 5 aromatic rings. The lowest BCUT2D eigenvalue weighted by atomic mass is 10.0. The fourth-order valence-electron chi connectivity index (χ4n) is 8.21. The van der Waals surface area contributed by atoms with Crippen molar-refractivity contribution in [1.29, 1.82) is 0 Å². The normalized spacial score (nSPS) is 17.4. The van der Waals surface area contributed by atoms with Gasteiger partial charge in [-0.15, -0.1) is 0 Å². The summed E-state index contributed by atoms with van der Waals surface area (Å²) in [4.78, 5) is 92.3. The number of benzene rings is 2.